The number of nitrogens with two attached hydrogens (primary N) is 1. The number of hydrogen-bond acceptors (Lipinski definition) is 3. The maximum atomic E-state index is 13.0. The van der Waals surface area contributed by atoms with Gasteiger partial charge in [-0.2, -0.15) is 17.5 Å². The van der Waals surface area contributed by atoms with E-state index in [0.29, 0.717) is 19.4 Å². The number of sulfonamides is 1. The summed E-state index contributed by atoms with van der Waals surface area (Å²) in [5.74, 6) is 0.231. The fraction of sp³-hybridized carbons (Fsp3) is 0.538. The third-order valence-electron chi connectivity index (χ3n) is 3.72. The van der Waals surface area contributed by atoms with Crippen molar-refractivity contribution in [1.29, 1.82) is 0 Å². The Morgan fingerprint density at radius 2 is 1.73 bits per heavy atom. The van der Waals surface area contributed by atoms with Gasteiger partial charge in [0, 0.05) is 13.1 Å². The maximum absolute atomic E-state index is 13.0. The van der Waals surface area contributed by atoms with Crippen molar-refractivity contribution >= 4 is 22.4 Å². The zero-order valence-electron chi connectivity index (χ0n) is 11.7. The van der Waals surface area contributed by atoms with Crippen LogP contribution in [0.25, 0.3) is 0 Å². The van der Waals surface area contributed by atoms with Gasteiger partial charge in [0.15, 0.2) is 0 Å². The standard InChI is InChI=1S/C13H17F3N2O2S.ClH/c14-13(15,16)11-3-1-2-4-12(11)21(19,20)18-7-5-10(9-17)6-8-18;/h1-4,10H,5-9,17H2;1H. The molecule has 2 rings (SSSR count). The molecule has 1 aliphatic rings. The monoisotopic (exact) mass is 358 g/mol. The molecule has 0 bridgehead atoms. The molecule has 2 N–H and O–H groups in total. The molecule has 1 heterocycles. The lowest BCUT2D eigenvalue weighted by Crippen LogP contribution is -2.40. The third kappa shape index (κ3) is 3.92. The van der Waals surface area contributed by atoms with E-state index in [-0.39, 0.29) is 31.4 Å². The molecule has 126 valence electrons. The van der Waals surface area contributed by atoms with E-state index in [1.807, 2.05) is 0 Å². The number of hydrogen-bond donors (Lipinski definition) is 1. The smallest absolute Gasteiger partial charge is 0.330 e. The average Bonchev–Trinajstić information content (AvgIpc) is 2.46. The first-order chi connectivity index (χ1) is 9.76. The molecule has 1 aromatic rings. The van der Waals surface area contributed by atoms with Gasteiger partial charge in [-0.3, -0.25) is 0 Å². The summed E-state index contributed by atoms with van der Waals surface area (Å²) in [5, 5.41) is 0. The van der Waals surface area contributed by atoms with E-state index in [9.17, 15) is 21.6 Å². The van der Waals surface area contributed by atoms with Crippen LogP contribution in [0.3, 0.4) is 0 Å². The molecule has 0 aliphatic carbocycles. The number of halogens is 4. The molecule has 0 atom stereocenters. The minimum absolute atomic E-state index is 0. The molecule has 1 fully saturated rings. The van der Waals surface area contributed by atoms with Crippen LogP contribution in [0.15, 0.2) is 29.2 Å². The molecular formula is C13H18ClF3N2O2S. The molecule has 1 saturated heterocycles. The number of nitrogens with zero attached hydrogens (tertiary/aromatic N) is 1. The zero-order valence-corrected chi connectivity index (χ0v) is 13.3. The summed E-state index contributed by atoms with van der Waals surface area (Å²) >= 11 is 0. The minimum atomic E-state index is -4.70. The molecule has 0 unspecified atom stereocenters. The quantitative estimate of drug-likeness (QED) is 0.902. The number of alkyl halides is 3. The lowest BCUT2D eigenvalue weighted by Gasteiger charge is -2.31. The first-order valence-corrected chi connectivity index (χ1v) is 8.07. The number of piperidine rings is 1. The highest BCUT2D eigenvalue weighted by Gasteiger charge is 2.39. The number of rotatable bonds is 3. The van der Waals surface area contributed by atoms with Gasteiger partial charge in [-0.15, -0.1) is 12.4 Å². The normalized spacial score (nSPS) is 18.0. The molecule has 1 aliphatic heterocycles. The molecule has 0 aromatic heterocycles. The van der Waals surface area contributed by atoms with Crippen LogP contribution in [0.5, 0.6) is 0 Å². The SMILES string of the molecule is Cl.NCC1CCN(S(=O)(=O)c2ccccc2C(F)(F)F)CC1. The van der Waals surface area contributed by atoms with Gasteiger partial charge in [-0.25, -0.2) is 8.42 Å². The fourth-order valence-electron chi connectivity index (χ4n) is 2.45. The summed E-state index contributed by atoms with van der Waals surface area (Å²) in [7, 11) is -4.13. The Hall–Kier alpha value is -0.830. The van der Waals surface area contributed by atoms with E-state index in [2.05, 4.69) is 0 Å². The van der Waals surface area contributed by atoms with E-state index in [0.717, 1.165) is 16.4 Å². The van der Waals surface area contributed by atoms with Crippen molar-refractivity contribution in [3.63, 3.8) is 0 Å². The van der Waals surface area contributed by atoms with Crippen LogP contribution in [-0.2, 0) is 16.2 Å². The van der Waals surface area contributed by atoms with Crippen molar-refractivity contribution in [2.45, 2.75) is 23.9 Å². The van der Waals surface area contributed by atoms with E-state index in [1.54, 1.807) is 0 Å². The van der Waals surface area contributed by atoms with Crippen LogP contribution in [0.4, 0.5) is 13.2 Å². The van der Waals surface area contributed by atoms with Crippen LogP contribution in [0.1, 0.15) is 18.4 Å². The first-order valence-electron chi connectivity index (χ1n) is 6.63. The largest absolute Gasteiger partial charge is 0.417 e. The second kappa shape index (κ2) is 7.16. The second-order valence-corrected chi connectivity index (χ2v) is 6.98. The lowest BCUT2D eigenvalue weighted by molar-refractivity contribution is -0.139. The van der Waals surface area contributed by atoms with Gasteiger partial charge in [0.25, 0.3) is 0 Å². The van der Waals surface area contributed by atoms with Crippen molar-refractivity contribution in [2.75, 3.05) is 19.6 Å². The Balaban J connectivity index is 0.00000242. The Morgan fingerprint density at radius 3 is 2.23 bits per heavy atom. The second-order valence-electron chi connectivity index (χ2n) is 5.08. The van der Waals surface area contributed by atoms with Gasteiger partial charge >= 0.3 is 6.18 Å². The Morgan fingerprint density at radius 1 is 1.18 bits per heavy atom. The molecule has 1 aromatic carbocycles. The summed E-state index contributed by atoms with van der Waals surface area (Å²) in [6.07, 6.45) is -3.55. The van der Waals surface area contributed by atoms with Gasteiger partial charge in [0.1, 0.15) is 0 Å². The molecule has 0 spiro atoms. The van der Waals surface area contributed by atoms with E-state index in [1.165, 1.54) is 12.1 Å². The highest BCUT2D eigenvalue weighted by atomic mass is 35.5. The van der Waals surface area contributed by atoms with Crippen molar-refractivity contribution in [1.82, 2.24) is 4.31 Å². The van der Waals surface area contributed by atoms with Crippen molar-refractivity contribution in [2.24, 2.45) is 11.7 Å². The fourth-order valence-corrected chi connectivity index (χ4v) is 4.13. The highest BCUT2D eigenvalue weighted by molar-refractivity contribution is 7.89. The van der Waals surface area contributed by atoms with Crippen molar-refractivity contribution in [3.8, 4) is 0 Å². The van der Waals surface area contributed by atoms with Gasteiger partial charge in [-0.05, 0) is 37.4 Å². The van der Waals surface area contributed by atoms with Gasteiger partial charge in [-0.1, -0.05) is 12.1 Å². The Labute approximate surface area is 133 Å². The van der Waals surface area contributed by atoms with E-state index in [4.69, 9.17) is 5.73 Å². The Bertz CT molecular complexity index is 600. The summed E-state index contributed by atoms with van der Waals surface area (Å²) < 4.78 is 64.9. The van der Waals surface area contributed by atoms with Crippen LogP contribution >= 0.6 is 12.4 Å². The summed E-state index contributed by atoms with van der Waals surface area (Å²) in [6, 6.07) is 4.28. The third-order valence-corrected chi connectivity index (χ3v) is 5.67. The van der Waals surface area contributed by atoms with Gasteiger partial charge in [0.2, 0.25) is 10.0 Å². The number of benzene rings is 1. The van der Waals surface area contributed by atoms with Crippen LogP contribution < -0.4 is 5.73 Å². The van der Waals surface area contributed by atoms with Crippen molar-refractivity contribution < 1.29 is 21.6 Å². The van der Waals surface area contributed by atoms with Crippen molar-refractivity contribution in [3.05, 3.63) is 29.8 Å². The minimum Gasteiger partial charge on any atom is -0.330 e. The molecule has 9 heteroatoms. The van der Waals surface area contributed by atoms with Gasteiger partial charge < -0.3 is 5.73 Å². The summed E-state index contributed by atoms with van der Waals surface area (Å²) in [4.78, 5) is -0.677. The molecule has 4 nitrogen and oxygen atoms in total. The molecule has 22 heavy (non-hydrogen) atoms. The summed E-state index contributed by atoms with van der Waals surface area (Å²) in [6.45, 7) is 0.875. The zero-order chi connectivity index (χ0) is 15.7. The molecular weight excluding hydrogens is 341 g/mol. The molecule has 0 saturated carbocycles. The van der Waals surface area contributed by atoms with Crippen LogP contribution in [0, 0.1) is 5.92 Å². The molecule has 0 radical (unpaired) electrons. The predicted molar refractivity (Wildman–Crippen MR) is 79.2 cm³/mol. The maximum Gasteiger partial charge on any atom is 0.417 e. The average molecular weight is 359 g/mol. The van der Waals surface area contributed by atoms with Crippen LogP contribution in [-0.4, -0.2) is 32.4 Å². The molecule has 0 amide bonds. The topological polar surface area (TPSA) is 63.4 Å². The highest BCUT2D eigenvalue weighted by Crippen LogP contribution is 2.35. The van der Waals surface area contributed by atoms with Crippen LogP contribution in [0.2, 0.25) is 0 Å². The Kier molecular flexibility index (Phi) is 6.26. The lowest BCUT2D eigenvalue weighted by atomic mass is 9.99. The predicted octanol–water partition coefficient (Wildman–Crippen LogP) is 2.49. The summed E-state index contributed by atoms with van der Waals surface area (Å²) in [5.41, 5.74) is 4.41. The first kappa shape index (κ1) is 19.2. The van der Waals surface area contributed by atoms with E-state index >= 15 is 0 Å². The van der Waals surface area contributed by atoms with E-state index < -0.39 is 26.7 Å². The van der Waals surface area contributed by atoms with Gasteiger partial charge in [0.05, 0.1) is 10.5 Å².